The van der Waals surface area contributed by atoms with E-state index in [4.69, 9.17) is 23.2 Å². The zero-order valence-electron chi connectivity index (χ0n) is 20.0. The van der Waals surface area contributed by atoms with Gasteiger partial charge in [0.2, 0.25) is 12.3 Å². The van der Waals surface area contributed by atoms with Gasteiger partial charge in [0.1, 0.15) is 5.82 Å². The summed E-state index contributed by atoms with van der Waals surface area (Å²) in [5, 5.41) is 9.41. The predicted octanol–water partition coefficient (Wildman–Crippen LogP) is 4.95. The van der Waals surface area contributed by atoms with Crippen molar-refractivity contribution < 1.29 is 14.0 Å². The van der Waals surface area contributed by atoms with Crippen LogP contribution >= 0.6 is 23.2 Å². The first-order chi connectivity index (χ1) is 16.9. The summed E-state index contributed by atoms with van der Waals surface area (Å²) in [6, 6.07) is 9.22. The second kappa shape index (κ2) is 13.8. The first-order valence-electron chi connectivity index (χ1n) is 12.1. The van der Waals surface area contributed by atoms with Crippen LogP contribution in [-0.4, -0.2) is 49.4 Å². The van der Waals surface area contributed by atoms with E-state index in [1.165, 1.54) is 25.3 Å². The molecule has 0 aliphatic carbocycles. The van der Waals surface area contributed by atoms with E-state index in [0.29, 0.717) is 29.2 Å². The molecule has 3 N–H and O–H groups in total. The fourth-order valence-corrected chi connectivity index (χ4v) is 4.83. The fourth-order valence-electron chi connectivity index (χ4n) is 4.48. The van der Waals surface area contributed by atoms with Crippen molar-refractivity contribution in [3.05, 3.63) is 63.4 Å². The topological polar surface area (TPSA) is 73.5 Å². The number of likely N-dealkylation sites (tertiary alicyclic amines) is 1. The molecule has 1 heterocycles. The van der Waals surface area contributed by atoms with Gasteiger partial charge in [-0.2, -0.15) is 0 Å². The molecular formula is C26H33Cl2FN4O2. The summed E-state index contributed by atoms with van der Waals surface area (Å²) < 4.78 is 14.8. The molecule has 0 spiro atoms. The molecule has 2 atom stereocenters. The van der Waals surface area contributed by atoms with Crippen molar-refractivity contribution in [2.75, 3.05) is 31.5 Å². The van der Waals surface area contributed by atoms with E-state index in [-0.39, 0.29) is 17.5 Å². The largest absolute Gasteiger partial charge is 0.355 e. The Morgan fingerprint density at radius 2 is 1.94 bits per heavy atom. The minimum atomic E-state index is -0.724. The first-order valence-corrected chi connectivity index (χ1v) is 12.8. The second-order valence-corrected chi connectivity index (χ2v) is 9.74. The number of nitrogens with one attached hydrogen (secondary N) is 3. The molecule has 0 bridgehead atoms. The summed E-state index contributed by atoms with van der Waals surface area (Å²) in [4.78, 5) is 26.7. The Labute approximate surface area is 216 Å². The Hall–Kier alpha value is -2.19. The second-order valence-electron chi connectivity index (χ2n) is 8.90. The van der Waals surface area contributed by atoms with Crippen LogP contribution in [0.25, 0.3) is 0 Å². The average Bonchev–Trinajstić information content (AvgIpc) is 2.85. The number of halogens is 3. The lowest BCUT2D eigenvalue weighted by Gasteiger charge is -2.27. The molecule has 1 aliphatic rings. The highest BCUT2D eigenvalue weighted by atomic mass is 35.5. The number of carbonyl (C=O) groups excluding carboxylic acids is 2. The Kier molecular flexibility index (Phi) is 10.8. The normalized spacial score (nSPS) is 15.9. The standard InChI is InChI=1S/C26H33Cl2FN4O2/c1-18(21-7-5-8-22(28)24(21)29)25(26(35)30-11-6-14-33-12-3-2-4-13-33)31-16-19-9-10-20(27)15-23(19)32-17-34/h5,7-10,15,17-18,25,31H,2-4,6,11-14,16H2,1H3,(H,30,35)(H,32,34)/t18?,25-/m1/s1. The Balaban J connectivity index is 1.70. The molecule has 1 aliphatic heterocycles. The molecule has 2 aromatic carbocycles. The monoisotopic (exact) mass is 522 g/mol. The van der Waals surface area contributed by atoms with Crippen molar-refractivity contribution in [3.63, 3.8) is 0 Å². The van der Waals surface area contributed by atoms with E-state index in [9.17, 15) is 14.0 Å². The van der Waals surface area contributed by atoms with Gasteiger partial charge in [-0.15, -0.1) is 0 Å². The molecule has 0 radical (unpaired) electrons. The van der Waals surface area contributed by atoms with E-state index >= 15 is 0 Å². The molecule has 0 saturated carbocycles. The third-order valence-electron chi connectivity index (χ3n) is 6.45. The number of amides is 2. The molecule has 6 nitrogen and oxygen atoms in total. The average molecular weight is 523 g/mol. The molecule has 1 fully saturated rings. The molecule has 3 rings (SSSR count). The van der Waals surface area contributed by atoms with Gasteiger partial charge in [-0.25, -0.2) is 4.39 Å². The number of benzene rings is 2. The third kappa shape index (κ3) is 7.90. The number of piperidine rings is 1. The molecule has 2 amide bonds. The van der Waals surface area contributed by atoms with Gasteiger partial charge < -0.3 is 20.9 Å². The van der Waals surface area contributed by atoms with Crippen molar-refractivity contribution in [1.82, 2.24) is 15.5 Å². The molecule has 1 saturated heterocycles. The van der Waals surface area contributed by atoms with Gasteiger partial charge in [0.25, 0.3) is 0 Å². The van der Waals surface area contributed by atoms with Crippen molar-refractivity contribution in [2.45, 2.75) is 51.1 Å². The fraction of sp³-hybridized carbons (Fsp3) is 0.462. The molecule has 1 unspecified atom stereocenters. The number of carbonyl (C=O) groups is 2. The summed E-state index contributed by atoms with van der Waals surface area (Å²) in [6.07, 6.45) is 5.17. The summed E-state index contributed by atoms with van der Waals surface area (Å²) >= 11 is 12.1. The summed E-state index contributed by atoms with van der Waals surface area (Å²) in [6.45, 7) is 5.78. The Morgan fingerprint density at radius 1 is 1.17 bits per heavy atom. The highest BCUT2D eigenvalue weighted by molar-refractivity contribution is 6.31. The van der Waals surface area contributed by atoms with Crippen LogP contribution in [0.15, 0.2) is 36.4 Å². The predicted molar refractivity (Wildman–Crippen MR) is 140 cm³/mol. The highest BCUT2D eigenvalue weighted by Gasteiger charge is 2.28. The number of hydrogen-bond donors (Lipinski definition) is 3. The van der Waals surface area contributed by atoms with E-state index < -0.39 is 17.8 Å². The molecule has 190 valence electrons. The SMILES string of the molecule is CC(c1cccc(Cl)c1F)[C@@H](NCc1ccc(Cl)cc1NC=O)C(=O)NCCCN1CCCCC1. The van der Waals surface area contributed by atoms with Crippen LogP contribution < -0.4 is 16.0 Å². The quantitative estimate of drug-likeness (QED) is 0.272. The van der Waals surface area contributed by atoms with Crippen molar-refractivity contribution in [3.8, 4) is 0 Å². The van der Waals surface area contributed by atoms with Gasteiger partial charge in [-0.05, 0) is 68.2 Å². The van der Waals surface area contributed by atoms with Crippen molar-refractivity contribution in [1.29, 1.82) is 0 Å². The molecule has 2 aromatic rings. The summed E-state index contributed by atoms with van der Waals surface area (Å²) in [5.41, 5.74) is 1.66. The van der Waals surface area contributed by atoms with Gasteiger partial charge in [0.05, 0.1) is 11.1 Å². The van der Waals surface area contributed by atoms with Gasteiger partial charge in [-0.3, -0.25) is 9.59 Å². The zero-order valence-corrected chi connectivity index (χ0v) is 21.5. The zero-order chi connectivity index (χ0) is 25.2. The maximum absolute atomic E-state index is 14.8. The first kappa shape index (κ1) is 27.4. The van der Waals surface area contributed by atoms with E-state index in [0.717, 1.165) is 31.6 Å². The van der Waals surface area contributed by atoms with Crippen LogP contribution in [0.2, 0.25) is 10.0 Å². The van der Waals surface area contributed by atoms with Crippen LogP contribution in [0, 0.1) is 5.82 Å². The third-order valence-corrected chi connectivity index (χ3v) is 6.98. The van der Waals surface area contributed by atoms with Crippen LogP contribution in [0.1, 0.15) is 49.7 Å². The number of hydrogen-bond acceptors (Lipinski definition) is 4. The number of anilines is 1. The Bertz CT molecular complexity index is 1000. The van der Waals surface area contributed by atoms with Gasteiger partial charge in [0, 0.05) is 29.7 Å². The molecule has 9 heteroatoms. The van der Waals surface area contributed by atoms with Gasteiger partial charge in [-0.1, -0.05) is 54.7 Å². The van der Waals surface area contributed by atoms with Crippen molar-refractivity contribution >= 4 is 41.2 Å². The maximum Gasteiger partial charge on any atom is 0.237 e. The number of rotatable bonds is 12. The lowest BCUT2D eigenvalue weighted by atomic mass is 9.91. The maximum atomic E-state index is 14.8. The van der Waals surface area contributed by atoms with Gasteiger partial charge in [0.15, 0.2) is 0 Å². The minimum Gasteiger partial charge on any atom is -0.355 e. The van der Waals surface area contributed by atoms with Crippen LogP contribution in [0.4, 0.5) is 10.1 Å². The van der Waals surface area contributed by atoms with E-state index in [1.54, 1.807) is 37.3 Å². The minimum absolute atomic E-state index is 0.0187. The van der Waals surface area contributed by atoms with Crippen molar-refractivity contribution in [2.24, 2.45) is 0 Å². The van der Waals surface area contributed by atoms with Crippen LogP contribution in [-0.2, 0) is 16.1 Å². The van der Waals surface area contributed by atoms with Gasteiger partial charge >= 0.3 is 0 Å². The van der Waals surface area contributed by atoms with E-state index in [1.807, 2.05) is 0 Å². The van der Waals surface area contributed by atoms with Crippen LogP contribution in [0.3, 0.4) is 0 Å². The molecule has 0 aromatic heterocycles. The smallest absolute Gasteiger partial charge is 0.237 e. The molecule has 35 heavy (non-hydrogen) atoms. The summed E-state index contributed by atoms with van der Waals surface area (Å²) in [7, 11) is 0. The Morgan fingerprint density at radius 3 is 2.69 bits per heavy atom. The molecular weight excluding hydrogens is 490 g/mol. The lowest BCUT2D eigenvalue weighted by molar-refractivity contribution is -0.123. The number of nitrogens with zero attached hydrogens (tertiary/aromatic N) is 1. The van der Waals surface area contributed by atoms with E-state index in [2.05, 4.69) is 20.9 Å². The summed E-state index contributed by atoms with van der Waals surface area (Å²) in [5.74, 6) is -1.24. The van der Waals surface area contributed by atoms with Crippen LogP contribution in [0.5, 0.6) is 0 Å². The highest BCUT2D eigenvalue weighted by Crippen LogP contribution is 2.28. The lowest BCUT2D eigenvalue weighted by Crippen LogP contribution is -2.47.